The Kier molecular flexibility index (Phi) is 5.69. The van der Waals surface area contributed by atoms with E-state index in [1.165, 1.54) is 10.8 Å². The van der Waals surface area contributed by atoms with Crippen LogP contribution in [0.15, 0.2) is 36.4 Å². The van der Waals surface area contributed by atoms with Crippen LogP contribution in [0.2, 0.25) is 0 Å². The summed E-state index contributed by atoms with van der Waals surface area (Å²) in [4.78, 5) is 0. The fraction of sp³-hybridized carbons (Fsp3) is 0.357. The van der Waals surface area contributed by atoms with Gasteiger partial charge in [0.2, 0.25) is 6.04 Å². The van der Waals surface area contributed by atoms with E-state index in [0.717, 1.165) is 5.56 Å². The van der Waals surface area contributed by atoms with Crippen molar-refractivity contribution in [2.75, 3.05) is 6.54 Å². The molecular weight excluding hydrogens is 384 g/mol. The van der Waals surface area contributed by atoms with Crippen LogP contribution < -0.4 is 0 Å². The van der Waals surface area contributed by atoms with Crippen LogP contribution in [0.1, 0.15) is 18.4 Å². The number of nitrogens with zero attached hydrogens (tertiary/aromatic N) is 1. The first-order valence-electron chi connectivity index (χ1n) is 6.98. The average Bonchev–Trinajstić information content (AvgIpc) is 2.85. The van der Waals surface area contributed by atoms with E-state index < -0.39 is 20.0 Å². The Balaban J connectivity index is 0.000000381. The molecule has 0 spiro atoms. The molecule has 1 aromatic carbocycles. The quantitative estimate of drug-likeness (QED) is 0.289. The van der Waals surface area contributed by atoms with Crippen molar-refractivity contribution in [3.8, 4) is 0 Å². The van der Waals surface area contributed by atoms with Crippen molar-refractivity contribution < 1.29 is 42.9 Å². The molecule has 1 aliphatic rings. The zero-order chi connectivity index (χ0) is 19.4. The van der Waals surface area contributed by atoms with Crippen molar-refractivity contribution in [2.24, 2.45) is 0 Å². The zero-order valence-electron chi connectivity index (χ0n) is 12.6. The molecule has 0 bridgehead atoms. The van der Waals surface area contributed by atoms with Crippen LogP contribution in [0.5, 0.6) is 0 Å². The second-order valence-corrected chi connectivity index (χ2v) is 7.23. The van der Waals surface area contributed by atoms with E-state index in [2.05, 4.69) is 0 Å². The van der Waals surface area contributed by atoms with Crippen LogP contribution in [0.4, 0.5) is 38.4 Å². The molecule has 1 nitrogen and oxygen atoms in total. The standard InChI is InChI=1S/C14H15F3N.F6P/c15-14(16,17)13-9-5-11-18(13)10-4-8-12-6-2-1-3-7-12;1-7(2,3,4,5)6/h1-4,6-8,10,13H,5,9,11H2;/q+1;-1/b8-4+,18-10?;/t13-;/m1./s1. The minimum absolute atomic E-state index is 0.194. The molecule has 0 radical (unpaired) electrons. The molecule has 0 N–H and O–H groups in total. The first kappa shape index (κ1) is 21.5. The van der Waals surface area contributed by atoms with Gasteiger partial charge in [-0.15, -0.1) is 0 Å². The van der Waals surface area contributed by atoms with Crippen LogP contribution in [0, 0.1) is 0 Å². The van der Waals surface area contributed by atoms with Crippen molar-refractivity contribution in [1.29, 1.82) is 0 Å². The Hall–Kier alpha value is -1.57. The van der Waals surface area contributed by atoms with Gasteiger partial charge < -0.3 is 0 Å². The molecule has 0 aromatic heterocycles. The SMILES string of the molecule is FC(F)(F)[C@H]1CCC[N+]1=C/C=C/c1ccccc1.F[P-](F)(F)(F)(F)F. The van der Waals surface area contributed by atoms with Crippen LogP contribution >= 0.6 is 7.81 Å². The van der Waals surface area contributed by atoms with Crippen LogP contribution in [-0.4, -0.2) is 29.6 Å². The van der Waals surface area contributed by atoms with Crippen molar-refractivity contribution in [3.05, 3.63) is 42.0 Å². The first-order chi connectivity index (χ1) is 11.0. The van der Waals surface area contributed by atoms with Gasteiger partial charge in [-0.1, -0.05) is 30.3 Å². The fourth-order valence-electron chi connectivity index (χ4n) is 2.15. The Morgan fingerprint density at radius 1 is 0.960 bits per heavy atom. The minimum atomic E-state index is -10.7. The van der Waals surface area contributed by atoms with Crippen molar-refractivity contribution in [2.45, 2.75) is 25.1 Å². The van der Waals surface area contributed by atoms with Gasteiger partial charge in [-0.2, -0.15) is 13.2 Å². The van der Waals surface area contributed by atoms with Gasteiger partial charge in [0.25, 0.3) is 0 Å². The van der Waals surface area contributed by atoms with Crippen molar-refractivity contribution in [1.82, 2.24) is 0 Å². The summed E-state index contributed by atoms with van der Waals surface area (Å²) in [7, 11) is -10.7. The molecule has 0 aliphatic carbocycles. The Morgan fingerprint density at radius 3 is 1.96 bits per heavy atom. The Morgan fingerprint density at radius 2 is 1.48 bits per heavy atom. The zero-order valence-corrected chi connectivity index (χ0v) is 13.5. The van der Waals surface area contributed by atoms with Crippen LogP contribution in [0.25, 0.3) is 6.08 Å². The third-order valence-electron chi connectivity index (χ3n) is 3.04. The molecule has 2 rings (SSSR count). The summed E-state index contributed by atoms with van der Waals surface area (Å²) in [6.07, 6.45) is 1.69. The third kappa shape index (κ3) is 11.6. The van der Waals surface area contributed by atoms with Gasteiger partial charge in [-0.05, 0) is 11.6 Å². The normalized spacial score (nSPS) is 23.1. The second-order valence-electron chi connectivity index (χ2n) is 5.31. The summed E-state index contributed by atoms with van der Waals surface area (Å²) in [6.45, 7) is 0.476. The molecule has 0 saturated carbocycles. The average molecular weight is 399 g/mol. The molecule has 144 valence electrons. The number of hydrogen-bond donors (Lipinski definition) is 0. The summed E-state index contributed by atoms with van der Waals surface area (Å²) in [6, 6.07) is 8.20. The molecule has 1 aliphatic heterocycles. The maximum absolute atomic E-state index is 12.7. The predicted molar refractivity (Wildman–Crippen MR) is 79.3 cm³/mol. The van der Waals surface area contributed by atoms with E-state index in [-0.39, 0.29) is 6.42 Å². The molecular formula is C14H15F9NP. The molecule has 11 heteroatoms. The van der Waals surface area contributed by atoms with E-state index in [9.17, 15) is 38.4 Å². The van der Waals surface area contributed by atoms with Gasteiger partial charge in [-0.25, -0.2) is 4.58 Å². The van der Waals surface area contributed by atoms with E-state index in [1.54, 1.807) is 6.08 Å². The molecule has 1 saturated heterocycles. The molecule has 1 aromatic rings. The summed E-state index contributed by atoms with van der Waals surface area (Å²) in [5.74, 6) is 0. The van der Waals surface area contributed by atoms with E-state index in [1.807, 2.05) is 36.4 Å². The van der Waals surface area contributed by atoms with E-state index in [4.69, 9.17) is 0 Å². The summed E-state index contributed by atoms with van der Waals surface area (Å²) in [5, 5.41) is 0. The number of allylic oxidation sites excluding steroid dienone is 1. The number of rotatable bonds is 2. The van der Waals surface area contributed by atoms with Crippen molar-refractivity contribution >= 4 is 20.1 Å². The maximum atomic E-state index is 12.7. The van der Waals surface area contributed by atoms with Gasteiger partial charge in [-0.3, -0.25) is 0 Å². The number of hydrogen-bond acceptors (Lipinski definition) is 0. The fourth-order valence-corrected chi connectivity index (χ4v) is 2.15. The monoisotopic (exact) mass is 399 g/mol. The van der Waals surface area contributed by atoms with Gasteiger partial charge >= 0.3 is 39.2 Å². The number of halogens is 9. The van der Waals surface area contributed by atoms with Crippen molar-refractivity contribution in [3.63, 3.8) is 0 Å². The van der Waals surface area contributed by atoms with Crippen LogP contribution in [-0.2, 0) is 0 Å². The van der Waals surface area contributed by atoms with Gasteiger partial charge in [0.05, 0.1) is 0 Å². The number of benzene rings is 1. The Bertz CT molecular complexity index is 618. The van der Waals surface area contributed by atoms with Gasteiger partial charge in [0.1, 0.15) is 6.54 Å². The second kappa shape index (κ2) is 6.63. The Labute approximate surface area is 137 Å². The topological polar surface area (TPSA) is 3.01 Å². The van der Waals surface area contributed by atoms with Crippen LogP contribution in [0.3, 0.4) is 0 Å². The first-order valence-corrected chi connectivity index (χ1v) is 9.01. The van der Waals surface area contributed by atoms with E-state index in [0.29, 0.717) is 13.0 Å². The molecule has 1 heterocycles. The molecule has 1 atom stereocenters. The predicted octanol–water partition coefficient (Wildman–Crippen LogP) is 6.89. The molecule has 25 heavy (non-hydrogen) atoms. The van der Waals surface area contributed by atoms with Gasteiger partial charge in [0.15, 0.2) is 6.21 Å². The van der Waals surface area contributed by atoms with E-state index >= 15 is 0 Å². The molecule has 1 fully saturated rings. The third-order valence-corrected chi connectivity index (χ3v) is 3.04. The summed E-state index contributed by atoms with van der Waals surface area (Å²) >= 11 is 0. The summed E-state index contributed by atoms with van der Waals surface area (Å²) in [5.41, 5.74) is 0.983. The van der Waals surface area contributed by atoms with Gasteiger partial charge in [0, 0.05) is 18.9 Å². The molecule has 0 amide bonds. The number of alkyl halides is 3. The summed E-state index contributed by atoms with van der Waals surface area (Å²) < 4.78 is 98.6. The molecule has 0 unspecified atom stereocenters.